The third kappa shape index (κ3) is 10.7. The van der Waals surface area contributed by atoms with Crippen molar-refractivity contribution >= 4 is 65.8 Å². The molecule has 7 aliphatic rings. The average molecular weight is 1130 g/mol. The lowest BCUT2D eigenvalue weighted by Gasteiger charge is -2.48. The summed E-state index contributed by atoms with van der Waals surface area (Å²) in [4.78, 5) is 106. The molecule has 4 fully saturated rings. The highest BCUT2D eigenvalue weighted by atomic mass is 31.2. The van der Waals surface area contributed by atoms with Gasteiger partial charge in [-0.1, -0.05) is 26.5 Å². The van der Waals surface area contributed by atoms with E-state index in [1.807, 2.05) is 34.1 Å². The summed E-state index contributed by atoms with van der Waals surface area (Å²) < 4.78 is 20.4. The monoisotopic (exact) mass is 1130 g/mol. The number of amides is 4. The van der Waals surface area contributed by atoms with E-state index >= 15 is 0 Å². The van der Waals surface area contributed by atoms with Crippen molar-refractivity contribution in [3.8, 4) is 0 Å². The molecule has 5 N–H and O–H groups in total. The van der Waals surface area contributed by atoms with Crippen LogP contribution in [0.3, 0.4) is 0 Å². The highest BCUT2D eigenvalue weighted by Gasteiger charge is 2.48. The third-order valence-corrected chi connectivity index (χ3v) is 19.2. The molecule has 5 aliphatic heterocycles. The van der Waals surface area contributed by atoms with Crippen molar-refractivity contribution in [1.29, 1.82) is 0 Å². The second-order valence-corrected chi connectivity index (χ2v) is 26.1. The summed E-state index contributed by atoms with van der Waals surface area (Å²) in [5.41, 5.74) is 5.43. The summed E-state index contributed by atoms with van der Waals surface area (Å²) in [5, 5.41) is 17.8. The maximum Gasteiger partial charge on any atom is 0.470 e. The molecule has 0 bridgehead atoms. The van der Waals surface area contributed by atoms with Crippen LogP contribution in [0.2, 0.25) is 0 Å². The van der Waals surface area contributed by atoms with Crippen LogP contribution in [0.5, 0.6) is 0 Å². The van der Waals surface area contributed by atoms with Crippen LogP contribution in [0, 0.1) is 5.41 Å². The smallest absolute Gasteiger partial charge is 0.391 e. The number of rotatable bonds is 13. The molecule has 0 spiro atoms. The van der Waals surface area contributed by atoms with Gasteiger partial charge in [0.25, 0.3) is 23.3 Å². The number of phosphoric acid groups is 1. The molecule has 2 aromatic carbocycles. The predicted molar refractivity (Wildman–Crippen MR) is 309 cm³/mol. The van der Waals surface area contributed by atoms with E-state index < -0.39 is 31.6 Å². The molecular weight excluding hydrogens is 1050 g/mol. The van der Waals surface area contributed by atoms with E-state index in [-0.39, 0.29) is 64.6 Å². The molecule has 81 heavy (non-hydrogen) atoms. The van der Waals surface area contributed by atoms with Crippen LogP contribution >= 0.6 is 7.82 Å². The normalized spacial score (nSPS) is 27.3. The van der Waals surface area contributed by atoms with Gasteiger partial charge in [-0.05, 0) is 145 Å². The minimum atomic E-state index is -4.71. The number of anilines is 6. The van der Waals surface area contributed by atoms with E-state index in [1.54, 1.807) is 39.2 Å². The number of hydrogen-bond donors (Lipinski definition) is 5. The molecule has 21 nitrogen and oxygen atoms in total. The standard InChI is InChI=1S/C59H78N11O10P/c1-9-50(72)61-43-30-39(60-53-57(76)63(8)34-49(62-53)69-22-11-14-46(52(69)37(4)71)68-27-26-67-47(55(68)74)29-38-31-58(5,6)32-48(38)67)15-16-44(43)66-25-24-64(33-36(66)3)41-19-23-65(35(2)28-41)45-13-10-12-42-51(45)56(75)70(54(42)73)40-17-20-59(7,21-18-40)80-81(77,78)79/h9-10,12-13,15-16,29-30,34-37,40-41,46,52,71H,1,11,14,17-28,31-33H2,2-8H3,(H,60,62)(H,61,72)(H2,77,78,79)/t35-,36-,37?,40?,41?,46-,52-,59?/m0/s1. The van der Waals surface area contributed by atoms with Gasteiger partial charge in [0.1, 0.15) is 11.5 Å². The molecule has 11 rings (SSSR count). The van der Waals surface area contributed by atoms with E-state index in [2.05, 4.69) is 70.2 Å². The quantitative estimate of drug-likeness (QED) is 0.0551. The number of fused-ring (bicyclic) bond motifs is 4. The summed E-state index contributed by atoms with van der Waals surface area (Å²) in [7, 11) is -3.04. The summed E-state index contributed by atoms with van der Waals surface area (Å²) in [6.45, 7) is 20.7. The Balaban J connectivity index is 0.756. The Morgan fingerprint density at radius 2 is 1.59 bits per heavy atom. The molecule has 2 aliphatic carbocycles. The Morgan fingerprint density at radius 3 is 2.30 bits per heavy atom. The Labute approximate surface area is 473 Å². The fourth-order valence-corrected chi connectivity index (χ4v) is 15.5. The topological polar surface area (TPSA) is 239 Å². The van der Waals surface area contributed by atoms with Crippen LogP contribution in [-0.2, 0) is 40.3 Å². The van der Waals surface area contributed by atoms with Gasteiger partial charge in [-0.3, -0.25) is 38.3 Å². The highest BCUT2D eigenvalue weighted by Crippen LogP contribution is 2.48. The molecule has 434 valence electrons. The first kappa shape index (κ1) is 56.5. The van der Waals surface area contributed by atoms with Crippen molar-refractivity contribution in [3.63, 3.8) is 0 Å². The number of phosphoric ester groups is 1. The molecule has 3 saturated heterocycles. The summed E-state index contributed by atoms with van der Waals surface area (Å²) in [5.74, 6) is -0.502. The van der Waals surface area contributed by atoms with Crippen molar-refractivity contribution < 1.29 is 43.2 Å². The molecule has 4 amide bonds. The number of imide groups is 1. The number of aryl methyl sites for hydroxylation is 1. The fourth-order valence-electron chi connectivity index (χ4n) is 14.7. The molecule has 22 heteroatoms. The van der Waals surface area contributed by atoms with E-state index in [4.69, 9.17) is 9.51 Å². The van der Waals surface area contributed by atoms with Gasteiger partial charge in [-0.2, -0.15) is 0 Å². The number of piperazine rings is 1. The molecule has 2 unspecified atom stereocenters. The SMILES string of the molecule is C=CC(=O)Nc1cc(Nc2nc(N3CCC[C@H](N4CCn5c(cc6c5CC(C)(C)C6)C4=O)[C@@H]3C(C)O)cn(C)c2=O)ccc1N1CCN(C2CCN(c3cccc4c3C(=O)N(C3CCC(C)(OP(=O)(O)O)CC3)C4=O)[C@@H](C)C2)C[C@@H]1C. The Bertz CT molecular complexity index is 3290. The predicted octanol–water partition coefficient (Wildman–Crippen LogP) is 6.42. The summed E-state index contributed by atoms with van der Waals surface area (Å²) in [6.07, 6.45) is 8.49. The number of aliphatic hydroxyl groups excluding tert-OH is 1. The van der Waals surface area contributed by atoms with Crippen molar-refractivity contribution in [2.24, 2.45) is 12.5 Å². The zero-order valence-corrected chi connectivity index (χ0v) is 48.5. The largest absolute Gasteiger partial charge is 0.470 e. The van der Waals surface area contributed by atoms with Gasteiger partial charge in [0.2, 0.25) is 5.91 Å². The zero-order chi connectivity index (χ0) is 57.6. The lowest BCUT2D eigenvalue weighted by atomic mass is 9.83. The number of hydrogen-bond acceptors (Lipinski definition) is 14. The van der Waals surface area contributed by atoms with E-state index in [0.717, 1.165) is 68.7 Å². The highest BCUT2D eigenvalue weighted by molar-refractivity contribution is 7.46. The van der Waals surface area contributed by atoms with Crippen LogP contribution < -0.4 is 30.9 Å². The third-order valence-electron chi connectivity index (χ3n) is 18.5. The summed E-state index contributed by atoms with van der Waals surface area (Å²) >= 11 is 0. The van der Waals surface area contributed by atoms with Gasteiger partial charge in [-0.25, -0.2) is 9.55 Å². The fraction of sp³-hybridized carbons (Fsp3) is 0.559. The molecular formula is C59H78N11O10P. The van der Waals surface area contributed by atoms with Crippen LogP contribution in [0.4, 0.5) is 34.4 Å². The van der Waals surface area contributed by atoms with Gasteiger partial charge in [0, 0.05) is 94.6 Å². The number of carbonyl (C=O) groups excluding carboxylic acids is 4. The average Bonchev–Trinajstić information content (AvgIpc) is 4.06. The number of nitrogens with one attached hydrogen (secondary N) is 2. The number of benzene rings is 2. The maximum absolute atomic E-state index is 14.3. The maximum atomic E-state index is 14.3. The van der Waals surface area contributed by atoms with Crippen molar-refractivity contribution in [2.45, 2.75) is 160 Å². The van der Waals surface area contributed by atoms with Crippen LogP contribution in [0.25, 0.3) is 0 Å². The number of piperidine rings is 2. The number of aromatic nitrogens is 3. The lowest BCUT2D eigenvalue weighted by Crippen LogP contribution is -2.62. The van der Waals surface area contributed by atoms with Crippen molar-refractivity contribution in [1.82, 2.24) is 28.8 Å². The Morgan fingerprint density at radius 1 is 0.852 bits per heavy atom. The van der Waals surface area contributed by atoms with Gasteiger partial charge in [-0.15, -0.1) is 0 Å². The van der Waals surface area contributed by atoms with Crippen molar-refractivity contribution in [2.75, 3.05) is 64.6 Å². The van der Waals surface area contributed by atoms with E-state index in [1.165, 1.54) is 26.8 Å². The number of carbonyl (C=O) groups is 4. The van der Waals surface area contributed by atoms with Gasteiger partial charge < -0.3 is 54.3 Å². The zero-order valence-electron chi connectivity index (χ0n) is 47.6. The number of nitrogens with zero attached hydrogens (tertiary/aromatic N) is 9. The van der Waals surface area contributed by atoms with E-state index in [9.17, 15) is 43.4 Å². The minimum absolute atomic E-state index is 0.0149. The Kier molecular flexibility index (Phi) is 15.0. The molecule has 0 radical (unpaired) electrons. The molecule has 2 aromatic heterocycles. The number of aliphatic hydroxyl groups is 1. The molecule has 4 aromatic rings. The minimum Gasteiger partial charge on any atom is -0.391 e. The second-order valence-electron chi connectivity index (χ2n) is 24.9. The first-order valence-corrected chi connectivity index (χ1v) is 30.4. The molecule has 6 atom stereocenters. The first-order chi connectivity index (χ1) is 38.4. The van der Waals surface area contributed by atoms with Crippen LogP contribution in [-0.4, -0.2) is 155 Å². The van der Waals surface area contributed by atoms with E-state index in [0.29, 0.717) is 86.7 Å². The second kappa shape index (κ2) is 21.4. The molecule has 1 saturated carbocycles. The molecule has 7 heterocycles. The van der Waals surface area contributed by atoms with Gasteiger partial charge >= 0.3 is 7.82 Å². The first-order valence-electron chi connectivity index (χ1n) is 28.8. The van der Waals surface area contributed by atoms with Gasteiger partial charge in [0.05, 0.1) is 52.0 Å². The van der Waals surface area contributed by atoms with Crippen LogP contribution in [0.1, 0.15) is 135 Å². The summed E-state index contributed by atoms with van der Waals surface area (Å²) in [6, 6.07) is 12.4. The van der Waals surface area contributed by atoms with Gasteiger partial charge in [0.15, 0.2) is 5.82 Å². The van der Waals surface area contributed by atoms with Crippen molar-refractivity contribution in [3.05, 3.63) is 99.7 Å². The Hall–Kier alpha value is -6.35. The van der Waals surface area contributed by atoms with Crippen LogP contribution in [0.15, 0.2) is 66.1 Å². The lowest BCUT2D eigenvalue weighted by molar-refractivity contribution is -0.111.